The number of carbonyl (C=O) groups excluding carboxylic acids is 1. The molecule has 0 saturated heterocycles. The first-order chi connectivity index (χ1) is 9.65. The highest BCUT2D eigenvalue weighted by atomic mass is 79.9. The van der Waals surface area contributed by atoms with E-state index in [0.717, 1.165) is 21.1 Å². The predicted octanol–water partition coefficient (Wildman–Crippen LogP) is 4.19. The molecule has 1 amide bonds. The number of halogens is 1. The summed E-state index contributed by atoms with van der Waals surface area (Å²) < 4.78 is 2.89. The highest BCUT2D eigenvalue weighted by Crippen LogP contribution is 2.20. The van der Waals surface area contributed by atoms with Gasteiger partial charge in [-0.3, -0.25) is 4.79 Å². The van der Waals surface area contributed by atoms with Gasteiger partial charge in [0.25, 0.3) is 5.91 Å². The lowest BCUT2D eigenvalue weighted by atomic mass is 10.2. The number of aromatic nitrogens is 1. The number of benzene rings is 2. The molecule has 0 spiro atoms. The highest BCUT2D eigenvalue weighted by molar-refractivity contribution is 9.10. The van der Waals surface area contributed by atoms with Gasteiger partial charge in [0.1, 0.15) is 5.69 Å². The van der Waals surface area contributed by atoms with Crippen molar-refractivity contribution >= 4 is 38.4 Å². The van der Waals surface area contributed by atoms with Crippen LogP contribution in [0.1, 0.15) is 10.5 Å². The quantitative estimate of drug-likeness (QED) is 0.751. The SMILES string of the molecule is Cn1c(C(=O)Nc2ccc(Br)cc2)cc2ccccc21. The maximum absolute atomic E-state index is 12.3. The summed E-state index contributed by atoms with van der Waals surface area (Å²) in [4.78, 5) is 12.3. The second-order valence-electron chi connectivity index (χ2n) is 4.61. The van der Waals surface area contributed by atoms with Crippen molar-refractivity contribution in [1.29, 1.82) is 0 Å². The summed E-state index contributed by atoms with van der Waals surface area (Å²) in [7, 11) is 1.90. The molecule has 0 atom stereocenters. The van der Waals surface area contributed by atoms with Gasteiger partial charge in [0.15, 0.2) is 0 Å². The molecule has 100 valence electrons. The van der Waals surface area contributed by atoms with E-state index in [4.69, 9.17) is 0 Å². The van der Waals surface area contributed by atoms with Crippen molar-refractivity contribution < 1.29 is 4.79 Å². The molecule has 3 rings (SSSR count). The zero-order chi connectivity index (χ0) is 14.1. The van der Waals surface area contributed by atoms with Crippen molar-refractivity contribution in [3.63, 3.8) is 0 Å². The van der Waals surface area contributed by atoms with Crippen LogP contribution in [0.25, 0.3) is 10.9 Å². The van der Waals surface area contributed by atoms with Gasteiger partial charge >= 0.3 is 0 Å². The number of hydrogen-bond acceptors (Lipinski definition) is 1. The molecule has 4 heteroatoms. The lowest BCUT2D eigenvalue weighted by Gasteiger charge is -2.06. The average molecular weight is 329 g/mol. The fraction of sp³-hybridized carbons (Fsp3) is 0.0625. The summed E-state index contributed by atoms with van der Waals surface area (Å²) in [5.74, 6) is -0.106. The van der Waals surface area contributed by atoms with E-state index >= 15 is 0 Å². The van der Waals surface area contributed by atoms with Crippen molar-refractivity contribution in [2.75, 3.05) is 5.32 Å². The fourth-order valence-corrected chi connectivity index (χ4v) is 2.50. The van der Waals surface area contributed by atoms with E-state index < -0.39 is 0 Å². The maximum Gasteiger partial charge on any atom is 0.272 e. The van der Waals surface area contributed by atoms with Gasteiger partial charge in [-0.15, -0.1) is 0 Å². The van der Waals surface area contributed by atoms with Crippen LogP contribution < -0.4 is 5.32 Å². The van der Waals surface area contributed by atoms with Crippen LogP contribution in [0, 0.1) is 0 Å². The highest BCUT2D eigenvalue weighted by Gasteiger charge is 2.13. The van der Waals surface area contributed by atoms with E-state index in [0.29, 0.717) is 5.69 Å². The van der Waals surface area contributed by atoms with Crippen LogP contribution in [0.4, 0.5) is 5.69 Å². The van der Waals surface area contributed by atoms with E-state index in [2.05, 4.69) is 21.2 Å². The molecule has 0 saturated carbocycles. The molecule has 0 aliphatic heterocycles. The molecule has 0 bridgehead atoms. The van der Waals surface area contributed by atoms with Gasteiger partial charge in [0.05, 0.1) is 0 Å². The van der Waals surface area contributed by atoms with Crippen LogP contribution in [0.3, 0.4) is 0 Å². The number of nitrogens with one attached hydrogen (secondary N) is 1. The van der Waals surface area contributed by atoms with Gasteiger partial charge in [-0.05, 0) is 36.4 Å². The standard InChI is InChI=1S/C16H13BrN2O/c1-19-14-5-3-2-4-11(14)10-15(19)16(20)18-13-8-6-12(17)7-9-13/h2-10H,1H3,(H,18,20). The number of aryl methyl sites for hydroxylation is 1. The number of carbonyl (C=O) groups is 1. The van der Waals surface area contributed by atoms with E-state index in [1.54, 1.807) is 0 Å². The minimum Gasteiger partial charge on any atom is -0.340 e. The van der Waals surface area contributed by atoms with E-state index in [1.807, 2.05) is 66.2 Å². The number of anilines is 1. The third-order valence-electron chi connectivity index (χ3n) is 3.29. The molecule has 2 aromatic carbocycles. The van der Waals surface area contributed by atoms with Crippen molar-refractivity contribution in [1.82, 2.24) is 4.57 Å². The molecular weight excluding hydrogens is 316 g/mol. The molecule has 3 nitrogen and oxygen atoms in total. The molecular formula is C16H13BrN2O. The Hall–Kier alpha value is -2.07. The van der Waals surface area contributed by atoms with E-state index in [9.17, 15) is 4.79 Å². The number of para-hydroxylation sites is 1. The number of fused-ring (bicyclic) bond motifs is 1. The van der Waals surface area contributed by atoms with Crippen molar-refractivity contribution in [3.05, 3.63) is 64.8 Å². The molecule has 0 aliphatic rings. The van der Waals surface area contributed by atoms with Gasteiger partial charge in [0.2, 0.25) is 0 Å². The van der Waals surface area contributed by atoms with E-state index in [1.165, 1.54) is 0 Å². The zero-order valence-electron chi connectivity index (χ0n) is 10.9. The first-order valence-electron chi connectivity index (χ1n) is 6.26. The summed E-state index contributed by atoms with van der Waals surface area (Å²) in [5.41, 5.74) is 2.48. The maximum atomic E-state index is 12.3. The molecule has 0 unspecified atom stereocenters. The predicted molar refractivity (Wildman–Crippen MR) is 85.0 cm³/mol. The number of nitrogens with zero attached hydrogens (tertiary/aromatic N) is 1. The monoisotopic (exact) mass is 328 g/mol. The van der Waals surface area contributed by atoms with Crippen LogP contribution in [0.5, 0.6) is 0 Å². The molecule has 20 heavy (non-hydrogen) atoms. The molecule has 0 fully saturated rings. The second kappa shape index (κ2) is 5.13. The Morgan fingerprint density at radius 2 is 1.80 bits per heavy atom. The summed E-state index contributed by atoms with van der Waals surface area (Å²) in [6, 6.07) is 17.4. The first kappa shape index (κ1) is 12.9. The Bertz CT molecular complexity index is 775. The van der Waals surface area contributed by atoms with Crippen molar-refractivity contribution in [2.45, 2.75) is 0 Å². The number of rotatable bonds is 2. The van der Waals surface area contributed by atoms with Crippen molar-refractivity contribution in [3.8, 4) is 0 Å². The van der Waals surface area contributed by atoms with Crippen molar-refractivity contribution in [2.24, 2.45) is 7.05 Å². The molecule has 1 heterocycles. The minimum atomic E-state index is -0.106. The Labute approximate surface area is 125 Å². The smallest absolute Gasteiger partial charge is 0.272 e. The Morgan fingerprint density at radius 1 is 1.10 bits per heavy atom. The topological polar surface area (TPSA) is 34.0 Å². The van der Waals surface area contributed by atoms with E-state index in [-0.39, 0.29) is 5.91 Å². The largest absolute Gasteiger partial charge is 0.340 e. The Balaban J connectivity index is 1.92. The molecule has 0 radical (unpaired) electrons. The lowest BCUT2D eigenvalue weighted by molar-refractivity contribution is 0.102. The summed E-state index contributed by atoms with van der Waals surface area (Å²) in [5, 5.41) is 3.97. The molecule has 1 N–H and O–H groups in total. The third kappa shape index (κ3) is 2.34. The third-order valence-corrected chi connectivity index (χ3v) is 3.82. The minimum absolute atomic E-state index is 0.106. The Kier molecular flexibility index (Phi) is 3.32. The lowest BCUT2D eigenvalue weighted by Crippen LogP contribution is -2.15. The number of hydrogen-bond donors (Lipinski definition) is 1. The fourth-order valence-electron chi connectivity index (χ4n) is 2.24. The van der Waals surface area contributed by atoms with Gasteiger partial charge in [-0.1, -0.05) is 34.1 Å². The van der Waals surface area contributed by atoms with Crippen LogP contribution in [0.15, 0.2) is 59.1 Å². The molecule has 0 aliphatic carbocycles. The van der Waals surface area contributed by atoms with Gasteiger partial charge in [-0.2, -0.15) is 0 Å². The summed E-state index contributed by atoms with van der Waals surface area (Å²) in [6.07, 6.45) is 0. The summed E-state index contributed by atoms with van der Waals surface area (Å²) >= 11 is 3.37. The van der Waals surface area contributed by atoms with Gasteiger partial charge in [-0.25, -0.2) is 0 Å². The van der Waals surface area contributed by atoms with Gasteiger partial charge in [0, 0.05) is 28.1 Å². The summed E-state index contributed by atoms with van der Waals surface area (Å²) in [6.45, 7) is 0. The van der Waals surface area contributed by atoms with Crippen LogP contribution in [-0.4, -0.2) is 10.5 Å². The van der Waals surface area contributed by atoms with Crippen LogP contribution >= 0.6 is 15.9 Å². The normalized spacial score (nSPS) is 10.7. The zero-order valence-corrected chi connectivity index (χ0v) is 12.5. The van der Waals surface area contributed by atoms with Crippen LogP contribution in [-0.2, 0) is 7.05 Å². The van der Waals surface area contributed by atoms with Gasteiger partial charge < -0.3 is 9.88 Å². The number of amides is 1. The molecule has 3 aromatic rings. The Morgan fingerprint density at radius 3 is 2.50 bits per heavy atom. The first-order valence-corrected chi connectivity index (χ1v) is 7.06. The van der Waals surface area contributed by atoms with Crippen LogP contribution in [0.2, 0.25) is 0 Å². The molecule has 1 aromatic heterocycles. The second-order valence-corrected chi connectivity index (χ2v) is 5.52. The average Bonchev–Trinajstić information content (AvgIpc) is 2.79.